The van der Waals surface area contributed by atoms with Gasteiger partial charge < -0.3 is 20.3 Å². The number of carbonyl (C=O) groups excluding carboxylic acids is 1. The molecule has 9 heteroatoms. The average molecular weight is 486 g/mol. The molecule has 0 radical (unpaired) electrons. The van der Waals surface area contributed by atoms with Crippen LogP contribution in [0.5, 0.6) is 0 Å². The summed E-state index contributed by atoms with van der Waals surface area (Å²) in [6.07, 6.45) is 6.34. The number of likely N-dealkylation sites (tertiary alicyclic amines) is 1. The van der Waals surface area contributed by atoms with E-state index in [0.717, 1.165) is 36.2 Å². The van der Waals surface area contributed by atoms with Crippen LogP contribution >= 0.6 is 0 Å². The summed E-state index contributed by atoms with van der Waals surface area (Å²) in [5.74, 6) is 1.56. The van der Waals surface area contributed by atoms with Crippen LogP contribution in [0.2, 0.25) is 0 Å². The maximum absolute atomic E-state index is 12.4. The molecule has 186 valence electrons. The van der Waals surface area contributed by atoms with E-state index in [4.69, 9.17) is 10.00 Å². The van der Waals surface area contributed by atoms with Gasteiger partial charge in [0.15, 0.2) is 5.69 Å². The van der Waals surface area contributed by atoms with Crippen molar-refractivity contribution < 1.29 is 9.53 Å². The van der Waals surface area contributed by atoms with Crippen molar-refractivity contribution in [1.29, 1.82) is 5.26 Å². The number of anilines is 3. The summed E-state index contributed by atoms with van der Waals surface area (Å²) in [5.41, 5.74) is 2.79. The van der Waals surface area contributed by atoms with E-state index < -0.39 is 5.60 Å². The van der Waals surface area contributed by atoms with E-state index in [9.17, 15) is 4.79 Å². The molecule has 36 heavy (non-hydrogen) atoms. The van der Waals surface area contributed by atoms with E-state index >= 15 is 0 Å². The number of nitrogens with one attached hydrogen (secondary N) is 2. The molecule has 2 aromatic heterocycles. The second-order valence-corrected chi connectivity index (χ2v) is 9.80. The van der Waals surface area contributed by atoms with E-state index in [2.05, 4.69) is 37.7 Å². The van der Waals surface area contributed by atoms with Gasteiger partial charge in [0.1, 0.15) is 23.3 Å². The summed E-state index contributed by atoms with van der Waals surface area (Å²) in [7, 11) is 0. The topological polar surface area (TPSA) is 116 Å². The van der Waals surface area contributed by atoms with Crippen LogP contribution in [0, 0.1) is 17.2 Å². The van der Waals surface area contributed by atoms with Crippen LogP contribution in [0.25, 0.3) is 11.1 Å². The molecule has 9 nitrogen and oxygen atoms in total. The number of hydrogen-bond acceptors (Lipinski definition) is 8. The molecule has 1 aliphatic heterocycles. The quantitative estimate of drug-likeness (QED) is 0.489. The Bertz CT molecular complexity index is 1210. The van der Waals surface area contributed by atoms with Crippen LogP contribution in [-0.2, 0) is 4.74 Å². The van der Waals surface area contributed by atoms with Gasteiger partial charge >= 0.3 is 6.09 Å². The minimum Gasteiger partial charge on any atom is -0.444 e. The molecule has 1 fully saturated rings. The summed E-state index contributed by atoms with van der Waals surface area (Å²) in [6, 6.07) is 14.0. The molecule has 3 aromatic rings. The van der Waals surface area contributed by atoms with E-state index in [1.165, 1.54) is 12.4 Å². The Kier molecular flexibility index (Phi) is 7.64. The maximum Gasteiger partial charge on any atom is 0.410 e. The first kappa shape index (κ1) is 24.9. The molecular weight excluding hydrogens is 454 g/mol. The Balaban J connectivity index is 1.44. The number of rotatable bonds is 6. The third-order valence-corrected chi connectivity index (χ3v) is 5.86. The van der Waals surface area contributed by atoms with Gasteiger partial charge in [-0.25, -0.2) is 19.7 Å². The van der Waals surface area contributed by atoms with Crippen LogP contribution in [-0.4, -0.2) is 51.2 Å². The van der Waals surface area contributed by atoms with Crippen LogP contribution in [0.15, 0.2) is 55.0 Å². The highest BCUT2D eigenvalue weighted by molar-refractivity contribution is 5.79. The zero-order valence-electron chi connectivity index (χ0n) is 20.9. The molecule has 3 heterocycles. The Morgan fingerprint density at radius 1 is 1.08 bits per heavy atom. The monoisotopic (exact) mass is 485 g/mol. The highest BCUT2D eigenvalue weighted by Crippen LogP contribution is 2.31. The molecule has 0 saturated carbocycles. The Morgan fingerprint density at radius 3 is 2.44 bits per heavy atom. The molecule has 0 aliphatic carbocycles. The van der Waals surface area contributed by atoms with Crippen molar-refractivity contribution in [1.82, 2.24) is 19.9 Å². The standard InChI is InChI=1S/C27H31N7O2/c1-27(2,3)36-26(35)34-11-9-19(10-12-34)15-30-23-13-24(33-25-18-29-21(14-28)16-31-25)32-17-22(23)20-7-5-4-6-8-20/h4-8,13,16-19H,9-12,15H2,1-3H3,(H2,30,31,32,33). The Morgan fingerprint density at radius 2 is 1.81 bits per heavy atom. The number of nitriles is 1. The van der Waals surface area contributed by atoms with E-state index in [-0.39, 0.29) is 11.8 Å². The van der Waals surface area contributed by atoms with Crippen LogP contribution in [0.1, 0.15) is 39.3 Å². The van der Waals surface area contributed by atoms with Crippen molar-refractivity contribution in [3.63, 3.8) is 0 Å². The Labute approximate surface area is 211 Å². The molecule has 4 rings (SSSR count). The van der Waals surface area contributed by atoms with E-state index in [1.54, 1.807) is 4.90 Å². The second-order valence-electron chi connectivity index (χ2n) is 9.80. The van der Waals surface area contributed by atoms with Gasteiger partial charge in [0.05, 0.1) is 12.4 Å². The second kappa shape index (κ2) is 11.0. The molecule has 0 spiro atoms. The lowest BCUT2D eigenvalue weighted by atomic mass is 9.96. The number of pyridine rings is 1. The molecule has 0 unspecified atom stereocenters. The molecular formula is C27H31N7O2. The van der Waals surface area contributed by atoms with Crippen LogP contribution in [0.3, 0.4) is 0 Å². The summed E-state index contributed by atoms with van der Waals surface area (Å²) in [6.45, 7) is 7.82. The van der Waals surface area contributed by atoms with Crippen molar-refractivity contribution in [2.75, 3.05) is 30.3 Å². The first-order valence-electron chi connectivity index (χ1n) is 12.1. The highest BCUT2D eigenvalue weighted by Gasteiger charge is 2.27. The molecule has 0 atom stereocenters. The van der Waals surface area contributed by atoms with Gasteiger partial charge in [0.25, 0.3) is 0 Å². The Hall–Kier alpha value is -4.19. The minimum atomic E-state index is -0.486. The molecule has 1 aromatic carbocycles. The number of hydrogen-bond donors (Lipinski definition) is 2. The average Bonchev–Trinajstić information content (AvgIpc) is 2.88. The summed E-state index contributed by atoms with van der Waals surface area (Å²) < 4.78 is 5.51. The number of piperidine rings is 1. The smallest absolute Gasteiger partial charge is 0.410 e. The fraction of sp³-hybridized carbons (Fsp3) is 0.370. The molecule has 2 N–H and O–H groups in total. The van der Waals surface area contributed by atoms with Crippen LogP contribution < -0.4 is 10.6 Å². The van der Waals surface area contributed by atoms with Crippen molar-refractivity contribution >= 4 is 23.4 Å². The summed E-state index contributed by atoms with van der Waals surface area (Å²) in [5, 5.41) is 15.7. The summed E-state index contributed by atoms with van der Waals surface area (Å²) in [4.78, 5) is 27.0. The van der Waals surface area contributed by atoms with Gasteiger partial charge in [0, 0.05) is 43.1 Å². The molecule has 1 saturated heterocycles. The predicted octanol–water partition coefficient (Wildman–Crippen LogP) is 5.21. The fourth-order valence-corrected chi connectivity index (χ4v) is 4.00. The molecule has 1 aliphatic rings. The fourth-order valence-electron chi connectivity index (χ4n) is 4.00. The zero-order valence-corrected chi connectivity index (χ0v) is 20.9. The highest BCUT2D eigenvalue weighted by atomic mass is 16.6. The van der Waals surface area contributed by atoms with Gasteiger partial charge in [-0.3, -0.25) is 0 Å². The SMILES string of the molecule is CC(C)(C)OC(=O)N1CCC(CNc2cc(Nc3cnc(C#N)cn3)ncc2-c2ccccc2)CC1. The number of nitrogens with zero attached hydrogens (tertiary/aromatic N) is 5. The van der Waals surface area contributed by atoms with Crippen molar-refractivity contribution in [2.24, 2.45) is 5.92 Å². The van der Waals surface area contributed by atoms with Gasteiger partial charge in [-0.05, 0) is 45.1 Å². The third kappa shape index (κ3) is 6.69. The first-order valence-corrected chi connectivity index (χ1v) is 12.1. The number of amides is 1. The van der Waals surface area contributed by atoms with Crippen LogP contribution in [0.4, 0.5) is 22.1 Å². The predicted molar refractivity (Wildman–Crippen MR) is 139 cm³/mol. The number of ether oxygens (including phenoxy) is 1. The van der Waals surface area contributed by atoms with Gasteiger partial charge in [-0.1, -0.05) is 30.3 Å². The lowest BCUT2D eigenvalue weighted by molar-refractivity contribution is 0.0188. The largest absolute Gasteiger partial charge is 0.444 e. The summed E-state index contributed by atoms with van der Waals surface area (Å²) >= 11 is 0. The minimum absolute atomic E-state index is 0.240. The number of carbonyl (C=O) groups is 1. The van der Waals surface area contributed by atoms with E-state index in [1.807, 2.05) is 57.3 Å². The molecule has 1 amide bonds. The lowest BCUT2D eigenvalue weighted by Crippen LogP contribution is -2.42. The first-order chi connectivity index (χ1) is 17.3. The normalized spacial score (nSPS) is 14.1. The van der Waals surface area contributed by atoms with Crippen molar-refractivity contribution in [2.45, 2.75) is 39.2 Å². The van der Waals surface area contributed by atoms with Gasteiger partial charge in [-0.15, -0.1) is 0 Å². The van der Waals surface area contributed by atoms with E-state index in [0.29, 0.717) is 30.6 Å². The molecule has 0 bridgehead atoms. The number of aromatic nitrogens is 3. The maximum atomic E-state index is 12.4. The number of benzene rings is 1. The zero-order chi connectivity index (χ0) is 25.5. The third-order valence-electron chi connectivity index (χ3n) is 5.86. The van der Waals surface area contributed by atoms with Gasteiger partial charge in [0.2, 0.25) is 0 Å². The lowest BCUT2D eigenvalue weighted by Gasteiger charge is -2.33. The van der Waals surface area contributed by atoms with Crippen molar-refractivity contribution in [3.8, 4) is 17.2 Å². The van der Waals surface area contributed by atoms with Crippen molar-refractivity contribution in [3.05, 3.63) is 60.7 Å². The van der Waals surface area contributed by atoms with Gasteiger partial charge in [-0.2, -0.15) is 5.26 Å².